The Labute approximate surface area is 213 Å². The molecule has 1 N–H and O–H groups in total. The second kappa shape index (κ2) is 12.7. The molecule has 0 aliphatic rings. The molecule has 1 unspecified atom stereocenters. The first-order chi connectivity index (χ1) is 17.7. The zero-order valence-electron chi connectivity index (χ0n) is 20.5. The van der Waals surface area contributed by atoms with E-state index in [-0.39, 0.29) is 12.0 Å². The summed E-state index contributed by atoms with van der Waals surface area (Å²) in [4.78, 5) is 13.1. The molecule has 4 aromatic rings. The van der Waals surface area contributed by atoms with Crippen molar-refractivity contribution in [3.63, 3.8) is 0 Å². The van der Waals surface area contributed by atoms with E-state index in [1.54, 1.807) is 0 Å². The van der Waals surface area contributed by atoms with Crippen LogP contribution >= 0.6 is 0 Å². The normalized spacial score (nSPS) is 11.6. The summed E-state index contributed by atoms with van der Waals surface area (Å²) in [5.41, 5.74) is 8.99. The number of aromatic nitrogens is 1. The molecule has 3 aromatic carbocycles. The molecular formula is C28H27BF4N2O2. The van der Waals surface area contributed by atoms with Gasteiger partial charge in [0.15, 0.2) is 0 Å². The van der Waals surface area contributed by atoms with Crippen molar-refractivity contribution in [2.45, 2.75) is 19.9 Å². The van der Waals surface area contributed by atoms with Gasteiger partial charge in [0.25, 0.3) is 0 Å². The zero-order chi connectivity index (χ0) is 26.8. The van der Waals surface area contributed by atoms with Crippen molar-refractivity contribution in [1.29, 1.82) is 0 Å². The molecule has 1 heterocycles. The molecule has 0 saturated heterocycles. The highest BCUT2D eigenvalue weighted by Gasteiger charge is 2.29. The number of benzene rings is 3. The molecule has 1 atom stereocenters. The van der Waals surface area contributed by atoms with Gasteiger partial charge in [0.2, 0.25) is 5.69 Å². The number of hydrogen-bond donors (Lipinski definition) is 1. The van der Waals surface area contributed by atoms with Gasteiger partial charge in [-0.15, -0.1) is 0 Å². The Morgan fingerprint density at radius 2 is 1.30 bits per heavy atom. The fourth-order valence-corrected chi connectivity index (χ4v) is 3.72. The van der Waals surface area contributed by atoms with E-state index in [0.717, 1.165) is 27.9 Å². The summed E-state index contributed by atoms with van der Waals surface area (Å²) in [5.74, 6) is -0.366. The molecule has 0 spiro atoms. The van der Waals surface area contributed by atoms with Gasteiger partial charge < -0.3 is 22.0 Å². The second-order valence-corrected chi connectivity index (χ2v) is 8.06. The van der Waals surface area contributed by atoms with Crippen LogP contribution in [-0.4, -0.2) is 19.8 Å². The fourth-order valence-electron chi connectivity index (χ4n) is 3.72. The average molecular weight is 510 g/mol. The van der Waals surface area contributed by atoms with Crippen molar-refractivity contribution < 1.29 is 31.5 Å². The summed E-state index contributed by atoms with van der Waals surface area (Å²) in [7, 11) is -6.00. The minimum absolute atomic E-state index is 0.0283. The lowest BCUT2D eigenvalue weighted by Gasteiger charge is -2.16. The van der Waals surface area contributed by atoms with E-state index in [2.05, 4.69) is 30.5 Å². The fraction of sp³-hybridized carbons (Fsp3) is 0.143. The minimum atomic E-state index is -6.00. The van der Waals surface area contributed by atoms with Crippen molar-refractivity contribution in [3.8, 4) is 22.4 Å². The number of nitrogens with one attached hydrogen (secondary N) is 1. The first kappa shape index (κ1) is 27.5. The predicted octanol–water partition coefficient (Wildman–Crippen LogP) is 7.09. The summed E-state index contributed by atoms with van der Waals surface area (Å²) >= 11 is 0. The van der Waals surface area contributed by atoms with Crippen LogP contribution in [0.5, 0.6) is 0 Å². The smallest absolute Gasteiger partial charge is 0.458 e. The van der Waals surface area contributed by atoms with Gasteiger partial charge in [-0.1, -0.05) is 83.5 Å². The average Bonchev–Trinajstić information content (AvgIpc) is 2.89. The van der Waals surface area contributed by atoms with Crippen LogP contribution in [0, 0.1) is 0 Å². The number of rotatable bonds is 7. The molecule has 0 bridgehead atoms. The molecule has 0 saturated carbocycles. The Morgan fingerprint density at radius 3 is 1.81 bits per heavy atom. The van der Waals surface area contributed by atoms with Gasteiger partial charge in [0, 0.05) is 17.7 Å². The maximum atomic E-state index is 13.1. The number of halogens is 4. The molecule has 192 valence electrons. The quantitative estimate of drug-likeness (QED) is 0.125. The summed E-state index contributed by atoms with van der Waals surface area (Å²) in [6, 6.07) is 34.3. The lowest BCUT2D eigenvalue weighted by molar-refractivity contribution is -0.645. The van der Waals surface area contributed by atoms with E-state index in [4.69, 9.17) is 4.74 Å². The first-order valence-electron chi connectivity index (χ1n) is 11.7. The molecule has 9 heteroatoms. The molecule has 0 aliphatic heterocycles. The zero-order valence-corrected chi connectivity index (χ0v) is 20.5. The standard InChI is InChI=1S/C28H26N2O2.BF4/c1-3-32-28(31)27-20-25(23-15-9-5-10-16-23)19-26(24-17-11-6-12-18-24)30(27)29-21(2)22-13-7-4-8-14-22;2-1(3,4)5/h4-21H,3H2,1-2H3;/q;-1/p+1. The topological polar surface area (TPSA) is 42.2 Å². The Morgan fingerprint density at radius 1 is 0.811 bits per heavy atom. The van der Waals surface area contributed by atoms with E-state index < -0.39 is 7.25 Å². The van der Waals surface area contributed by atoms with Crippen molar-refractivity contribution in [2.24, 2.45) is 0 Å². The van der Waals surface area contributed by atoms with Crippen molar-refractivity contribution >= 4 is 13.2 Å². The summed E-state index contributed by atoms with van der Waals surface area (Å²) in [6.07, 6.45) is 0. The van der Waals surface area contributed by atoms with Gasteiger partial charge in [-0.3, -0.25) is 0 Å². The lowest BCUT2D eigenvalue weighted by atomic mass is 10.0. The van der Waals surface area contributed by atoms with E-state index >= 15 is 0 Å². The molecule has 0 amide bonds. The van der Waals surface area contributed by atoms with Crippen LogP contribution in [0.25, 0.3) is 22.4 Å². The van der Waals surface area contributed by atoms with Gasteiger partial charge in [0.05, 0.1) is 6.61 Å². The molecule has 0 fully saturated rings. The number of carbonyl (C=O) groups is 1. The summed E-state index contributed by atoms with van der Waals surface area (Å²) < 4.78 is 46.3. The minimum Gasteiger partial charge on any atom is -0.458 e. The van der Waals surface area contributed by atoms with Gasteiger partial charge >= 0.3 is 18.9 Å². The van der Waals surface area contributed by atoms with Gasteiger partial charge in [-0.25, -0.2) is 4.79 Å². The predicted molar refractivity (Wildman–Crippen MR) is 138 cm³/mol. The highest BCUT2D eigenvalue weighted by Crippen LogP contribution is 2.26. The molecule has 1 aromatic heterocycles. The molecule has 4 rings (SSSR count). The summed E-state index contributed by atoms with van der Waals surface area (Å²) in [5, 5.41) is 0. The Balaban J connectivity index is 0.000000695. The van der Waals surface area contributed by atoms with Gasteiger partial charge in [-0.05, 0) is 42.7 Å². The second-order valence-electron chi connectivity index (χ2n) is 8.06. The van der Waals surface area contributed by atoms with Crippen LogP contribution < -0.4 is 10.1 Å². The third-order valence-corrected chi connectivity index (χ3v) is 5.35. The van der Waals surface area contributed by atoms with Gasteiger partial charge in [0.1, 0.15) is 6.04 Å². The van der Waals surface area contributed by atoms with Crippen molar-refractivity contribution in [2.75, 3.05) is 12.0 Å². The van der Waals surface area contributed by atoms with Crippen LogP contribution in [0.3, 0.4) is 0 Å². The van der Waals surface area contributed by atoms with E-state index in [1.807, 2.05) is 96.5 Å². The maximum absolute atomic E-state index is 13.1. The molecule has 4 nitrogen and oxygen atoms in total. The number of nitrogens with zero attached hydrogens (tertiary/aromatic N) is 1. The molecule has 0 aliphatic carbocycles. The van der Waals surface area contributed by atoms with Crippen LogP contribution in [0.15, 0.2) is 103 Å². The lowest BCUT2D eigenvalue weighted by Crippen LogP contribution is -2.53. The third-order valence-electron chi connectivity index (χ3n) is 5.35. The number of esters is 1. The van der Waals surface area contributed by atoms with Crippen LogP contribution in [0.4, 0.5) is 17.3 Å². The van der Waals surface area contributed by atoms with Crippen molar-refractivity contribution in [3.05, 3.63) is 114 Å². The van der Waals surface area contributed by atoms with E-state index in [1.165, 1.54) is 0 Å². The van der Waals surface area contributed by atoms with E-state index in [0.29, 0.717) is 12.3 Å². The molecule has 0 radical (unpaired) electrons. The number of hydrogen-bond acceptors (Lipinski definition) is 3. The van der Waals surface area contributed by atoms with Crippen LogP contribution in [0.2, 0.25) is 0 Å². The monoisotopic (exact) mass is 510 g/mol. The number of ether oxygens (including phenoxy) is 1. The highest BCUT2D eigenvalue weighted by molar-refractivity contribution is 6.50. The Hall–Kier alpha value is -4.14. The van der Waals surface area contributed by atoms with Crippen LogP contribution in [0.1, 0.15) is 35.9 Å². The Bertz CT molecular complexity index is 1280. The summed E-state index contributed by atoms with van der Waals surface area (Å²) in [6.45, 7) is 4.21. The highest BCUT2D eigenvalue weighted by atomic mass is 19.5. The maximum Gasteiger partial charge on any atom is 0.673 e. The van der Waals surface area contributed by atoms with Gasteiger partial charge in [-0.2, -0.15) is 5.43 Å². The number of pyridine rings is 1. The SMILES string of the molecule is CCOC(=O)c1cc(-c2ccccc2)cc(-c2ccccc2)[n+]1NC(C)c1ccccc1.F[B-](F)(F)F. The third kappa shape index (κ3) is 8.20. The first-order valence-corrected chi connectivity index (χ1v) is 11.7. The number of carbonyl (C=O) groups excluding carboxylic acids is 1. The van der Waals surface area contributed by atoms with E-state index in [9.17, 15) is 22.1 Å². The Kier molecular flexibility index (Phi) is 9.43. The largest absolute Gasteiger partial charge is 0.673 e. The van der Waals surface area contributed by atoms with Crippen molar-refractivity contribution in [1.82, 2.24) is 0 Å². The van der Waals surface area contributed by atoms with Crippen LogP contribution in [-0.2, 0) is 4.74 Å². The molecule has 37 heavy (non-hydrogen) atoms. The molecular weight excluding hydrogens is 483 g/mol.